The van der Waals surface area contributed by atoms with Gasteiger partial charge in [0.05, 0.1) is 0 Å². The molecule has 9 aromatic rings. The fourth-order valence-electron chi connectivity index (χ4n) is 6.49. The van der Waals surface area contributed by atoms with Crippen molar-refractivity contribution < 1.29 is 4.42 Å². The minimum Gasteiger partial charge on any atom is -0.456 e. The lowest BCUT2D eigenvalue weighted by atomic mass is 10.0. The van der Waals surface area contributed by atoms with Crippen LogP contribution in [0.5, 0.6) is 0 Å². The molecule has 0 bridgehead atoms. The number of anilines is 3. The minimum atomic E-state index is 0.597. The average Bonchev–Trinajstić information content (AvgIpc) is 3.54. The van der Waals surface area contributed by atoms with E-state index in [1.807, 2.05) is 54.6 Å². The number of fused-ring (bicyclic) bond motifs is 4. The van der Waals surface area contributed by atoms with Crippen LogP contribution in [0.15, 0.2) is 174 Å². The Hall–Kier alpha value is -6.59. The summed E-state index contributed by atoms with van der Waals surface area (Å²) in [4.78, 5) is 17.5. The highest BCUT2D eigenvalue weighted by molar-refractivity contribution is 6.12. The summed E-state index contributed by atoms with van der Waals surface area (Å²) in [6.45, 7) is 0. The molecule has 0 saturated heterocycles. The molecule has 0 N–H and O–H groups in total. The molecule has 226 valence electrons. The van der Waals surface area contributed by atoms with Crippen molar-refractivity contribution in [2.24, 2.45) is 0 Å². The van der Waals surface area contributed by atoms with E-state index in [1.165, 1.54) is 0 Å². The Kier molecular flexibility index (Phi) is 6.72. The number of para-hydroxylation sites is 2. The van der Waals surface area contributed by atoms with E-state index in [9.17, 15) is 0 Å². The highest BCUT2D eigenvalue weighted by Gasteiger charge is 2.20. The lowest BCUT2D eigenvalue weighted by molar-refractivity contribution is 0.669. The first-order chi connectivity index (χ1) is 23.8. The second kappa shape index (κ2) is 11.6. The number of benzene rings is 7. The molecule has 5 nitrogen and oxygen atoms in total. The maximum absolute atomic E-state index is 6.57. The summed E-state index contributed by atoms with van der Waals surface area (Å²) < 4.78 is 6.57. The summed E-state index contributed by atoms with van der Waals surface area (Å²) in [5.74, 6) is 1.85. The van der Waals surface area contributed by atoms with Crippen molar-refractivity contribution in [3.05, 3.63) is 170 Å². The van der Waals surface area contributed by atoms with Crippen LogP contribution in [0.1, 0.15) is 0 Å². The third-order valence-corrected chi connectivity index (χ3v) is 8.71. The molecule has 5 heteroatoms. The second-order valence-corrected chi connectivity index (χ2v) is 11.7. The Balaban J connectivity index is 1.24. The van der Waals surface area contributed by atoms with Crippen LogP contribution in [0.4, 0.5) is 17.1 Å². The van der Waals surface area contributed by atoms with Crippen molar-refractivity contribution in [3.63, 3.8) is 0 Å². The number of hydrogen-bond acceptors (Lipinski definition) is 5. The van der Waals surface area contributed by atoms with Crippen LogP contribution in [0.3, 0.4) is 0 Å². The van der Waals surface area contributed by atoms with E-state index in [0.29, 0.717) is 17.5 Å². The van der Waals surface area contributed by atoms with Crippen molar-refractivity contribution in [1.82, 2.24) is 15.0 Å². The molecule has 0 spiro atoms. The molecule has 0 radical (unpaired) electrons. The normalized spacial score (nSPS) is 11.3. The fourth-order valence-corrected chi connectivity index (χ4v) is 6.49. The molecule has 0 fully saturated rings. The van der Waals surface area contributed by atoms with Gasteiger partial charge in [-0.25, -0.2) is 15.0 Å². The molecule has 48 heavy (non-hydrogen) atoms. The van der Waals surface area contributed by atoms with Gasteiger partial charge in [-0.05, 0) is 53.2 Å². The van der Waals surface area contributed by atoms with E-state index in [1.54, 1.807) is 0 Å². The van der Waals surface area contributed by atoms with Crippen LogP contribution < -0.4 is 4.90 Å². The van der Waals surface area contributed by atoms with E-state index < -0.39 is 0 Å². The van der Waals surface area contributed by atoms with Gasteiger partial charge in [0.25, 0.3) is 0 Å². The third kappa shape index (κ3) is 4.86. The van der Waals surface area contributed by atoms with Crippen molar-refractivity contribution in [2.45, 2.75) is 0 Å². The van der Waals surface area contributed by atoms with Crippen LogP contribution in [0.25, 0.3) is 66.9 Å². The van der Waals surface area contributed by atoms with Crippen LogP contribution in [0, 0.1) is 0 Å². The number of nitrogens with zero attached hydrogens (tertiary/aromatic N) is 4. The van der Waals surface area contributed by atoms with Gasteiger partial charge in [0.2, 0.25) is 0 Å². The van der Waals surface area contributed by atoms with Crippen molar-refractivity contribution in [3.8, 4) is 34.2 Å². The third-order valence-electron chi connectivity index (χ3n) is 8.71. The SMILES string of the molecule is c1ccc(-c2nc(-c3cccc4ccccc34)nc(-c3cccc4oc5cc(N(c6ccccc6)c6ccccc6)ccc5c34)n2)cc1. The Morgan fingerprint density at radius 1 is 0.396 bits per heavy atom. The summed E-state index contributed by atoms with van der Waals surface area (Å²) in [5, 5.41) is 4.20. The molecule has 2 heterocycles. The zero-order chi connectivity index (χ0) is 31.9. The first-order valence-electron chi connectivity index (χ1n) is 16.0. The Morgan fingerprint density at radius 2 is 0.979 bits per heavy atom. The zero-order valence-corrected chi connectivity index (χ0v) is 25.9. The highest BCUT2D eigenvalue weighted by Crippen LogP contribution is 2.41. The van der Waals surface area contributed by atoms with Crippen molar-refractivity contribution in [1.29, 1.82) is 0 Å². The molecule has 0 aliphatic heterocycles. The number of aromatic nitrogens is 3. The molecule has 0 atom stereocenters. The quantitative estimate of drug-likeness (QED) is 0.186. The molecule has 9 rings (SSSR count). The maximum Gasteiger partial charge on any atom is 0.164 e. The summed E-state index contributed by atoms with van der Waals surface area (Å²) in [7, 11) is 0. The minimum absolute atomic E-state index is 0.597. The van der Waals surface area contributed by atoms with Crippen LogP contribution in [0.2, 0.25) is 0 Å². The first-order valence-corrected chi connectivity index (χ1v) is 16.0. The summed E-state index contributed by atoms with van der Waals surface area (Å²) in [6, 6.07) is 57.9. The van der Waals surface area contributed by atoms with Gasteiger partial charge >= 0.3 is 0 Å². The molecule has 7 aromatic carbocycles. The van der Waals surface area contributed by atoms with Crippen LogP contribution in [-0.2, 0) is 0 Å². The molecule has 0 unspecified atom stereocenters. The highest BCUT2D eigenvalue weighted by atomic mass is 16.3. The lowest BCUT2D eigenvalue weighted by Gasteiger charge is -2.25. The van der Waals surface area contributed by atoms with Crippen molar-refractivity contribution in [2.75, 3.05) is 4.90 Å². The Labute approximate surface area is 277 Å². The van der Waals surface area contributed by atoms with Gasteiger partial charge in [0.1, 0.15) is 11.2 Å². The summed E-state index contributed by atoms with van der Waals surface area (Å²) in [6.07, 6.45) is 0. The number of hydrogen-bond donors (Lipinski definition) is 0. The molecule has 0 amide bonds. The van der Waals surface area contributed by atoms with E-state index in [2.05, 4.69) is 120 Å². The number of rotatable bonds is 6. The molecular weight excluding hydrogens is 589 g/mol. The smallest absolute Gasteiger partial charge is 0.164 e. The monoisotopic (exact) mass is 616 g/mol. The van der Waals surface area contributed by atoms with Crippen LogP contribution >= 0.6 is 0 Å². The summed E-state index contributed by atoms with van der Waals surface area (Å²) in [5.41, 5.74) is 7.49. The van der Waals surface area contributed by atoms with E-state index in [0.717, 1.165) is 66.5 Å². The second-order valence-electron chi connectivity index (χ2n) is 11.7. The van der Waals surface area contributed by atoms with E-state index in [-0.39, 0.29) is 0 Å². The molecule has 0 aliphatic carbocycles. The summed E-state index contributed by atoms with van der Waals surface area (Å²) >= 11 is 0. The average molecular weight is 617 g/mol. The fraction of sp³-hybridized carbons (Fsp3) is 0. The molecular formula is C43H28N4O. The van der Waals surface area contributed by atoms with Gasteiger partial charge in [0.15, 0.2) is 17.5 Å². The topological polar surface area (TPSA) is 55.1 Å². The van der Waals surface area contributed by atoms with E-state index >= 15 is 0 Å². The Morgan fingerprint density at radius 3 is 1.73 bits per heavy atom. The van der Waals surface area contributed by atoms with Gasteiger partial charge < -0.3 is 9.32 Å². The van der Waals surface area contributed by atoms with Crippen LogP contribution in [-0.4, -0.2) is 15.0 Å². The maximum atomic E-state index is 6.57. The lowest BCUT2D eigenvalue weighted by Crippen LogP contribution is -2.09. The van der Waals surface area contributed by atoms with Gasteiger partial charge in [-0.3, -0.25) is 0 Å². The largest absolute Gasteiger partial charge is 0.456 e. The Bertz CT molecular complexity index is 2520. The molecule has 2 aromatic heterocycles. The number of furan rings is 1. The zero-order valence-electron chi connectivity index (χ0n) is 25.9. The van der Waals surface area contributed by atoms with Gasteiger partial charge in [-0.2, -0.15) is 0 Å². The molecule has 0 saturated carbocycles. The predicted molar refractivity (Wildman–Crippen MR) is 196 cm³/mol. The predicted octanol–water partition coefficient (Wildman–Crippen LogP) is 11.4. The standard InChI is InChI=1S/C43H28N4O/c1-4-15-30(16-5-1)41-44-42(35-23-12-17-29-14-10-11-22-34(29)35)46-43(45-41)37-24-13-25-38-40(37)36-27-26-33(28-39(36)48-38)47(31-18-6-2-7-19-31)32-20-8-3-9-21-32/h1-28H. The van der Waals surface area contributed by atoms with Gasteiger partial charge in [-0.1, -0.05) is 121 Å². The van der Waals surface area contributed by atoms with Gasteiger partial charge in [0, 0.05) is 50.6 Å². The molecule has 0 aliphatic rings. The first kappa shape index (κ1) is 27.7. The van der Waals surface area contributed by atoms with Crippen molar-refractivity contribution >= 4 is 49.8 Å². The van der Waals surface area contributed by atoms with E-state index in [4.69, 9.17) is 19.4 Å². The van der Waals surface area contributed by atoms with Gasteiger partial charge in [-0.15, -0.1) is 0 Å².